The minimum Gasteiger partial charge on any atom is -0.358 e. The van der Waals surface area contributed by atoms with E-state index in [0.717, 1.165) is 24.8 Å². The molecule has 2 aromatic rings. The molecule has 32 heavy (non-hydrogen) atoms. The summed E-state index contributed by atoms with van der Waals surface area (Å²) < 4.78 is 86.7. The van der Waals surface area contributed by atoms with E-state index in [1.54, 1.807) is 0 Å². The van der Waals surface area contributed by atoms with Gasteiger partial charge in [-0.3, -0.25) is 0 Å². The highest BCUT2D eigenvalue weighted by Crippen LogP contribution is 2.48. The molecule has 2 aromatic carbocycles. The number of hydrogen-bond acceptors (Lipinski definition) is 1. The second kappa shape index (κ2) is 8.73. The van der Waals surface area contributed by atoms with Gasteiger partial charge in [0.15, 0.2) is 0 Å². The summed E-state index contributed by atoms with van der Waals surface area (Å²) in [7, 11) is 0. The van der Waals surface area contributed by atoms with Crippen molar-refractivity contribution in [1.29, 1.82) is 0 Å². The molecule has 0 radical (unpaired) electrons. The summed E-state index contributed by atoms with van der Waals surface area (Å²) in [6.07, 6.45) is -1.49. The van der Waals surface area contributed by atoms with Gasteiger partial charge in [-0.05, 0) is 71.9 Å². The molecule has 4 rings (SSSR count). The minimum atomic E-state index is -5.29. The van der Waals surface area contributed by atoms with Gasteiger partial charge in [0.1, 0.15) is 5.82 Å². The third kappa shape index (κ3) is 4.41. The zero-order valence-electron chi connectivity index (χ0n) is 17.8. The Balaban J connectivity index is 1.55. The predicted octanol–water partition coefficient (Wildman–Crippen LogP) is 8.12. The fourth-order valence-electron chi connectivity index (χ4n) is 5.17. The molecular formula is C25H26F6O. The van der Waals surface area contributed by atoms with E-state index in [9.17, 15) is 26.3 Å². The normalized spacial score (nSPS) is 25.4. The van der Waals surface area contributed by atoms with Crippen molar-refractivity contribution in [3.63, 3.8) is 0 Å². The van der Waals surface area contributed by atoms with Crippen LogP contribution in [0.5, 0.6) is 0 Å². The first-order valence-electron chi connectivity index (χ1n) is 11.1. The topological polar surface area (TPSA) is 9.23 Å². The molecule has 1 atom stereocenters. The van der Waals surface area contributed by atoms with E-state index in [2.05, 4.69) is 11.7 Å². The fourth-order valence-corrected chi connectivity index (χ4v) is 5.17. The summed E-state index contributed by atoms with van der Waals surface area (Å²) >= 11 is 0. The van der Waals surface area contributed by atoms with Crippen molar-refractivity contribution >= 4 is 0 Å². The smallest absolute Gasteiger partial charge is 0.358 e. The van der Waals surface area contributed by atoms with Crippen molar-refractivity contribution in [3.8, 4) is 11.1 Å². The van der Waals surface area contributed by atoms with Gasteiger partial charge in [0.25, 0.3) is 0 Å². The largest absolute Gasteiger partial charge is 0.420 e. The third-order valence-corrected chi connectivity index (χ3v) is 6.80. The van der Waals surface area contributed by atoms with Crippen LogP contribution in [0.4, 0.5) is 26.3 Å². The highest BCUT2D eigenvalue weighted by atomic mass is 19.4. The quantitative estimate of drug-likeness (QED) is 0.422. The Kier molecular flexibility index (Phi) is 6.31. The number of rotatable bonds is 4. The monoisotopic (exact) mass is 456 g/mol. The van der Waals surface area contributed by atoms with Crippen LogP contribution in [0.1, 0.15) is 68.1 Å². The van der Waals surface area contributed by atoms with Gasteiger partial charge in [-0.1, -0.05) is 44.0 Å². The van der Waals surface area contributed by atoms with Crippen molar-refractivity contribution in [1.82, 2.24) is 0 Å². The van der Waals surface area contributed by atoms with Crippen molar-refractivity contribution in [3.05, 3.63) is 58.9 Å². The zero-order chi connectivity index (χ0) is 23.1. The molecule has 0 N–H and O–H groups in total. The Morgan fingerprint density at radius 2 is 1.62 bits per heavy atom. The SMILES string of the molecule is CCC[C@H]1CC[C@H](c2ccc(-c3cc(F)c4c(c3)COC(C(F)(F)F)C4(F)F)cc2)CC1. The van der Waals surface area contributed by atoms with Gasteiger partial charge in [-0.2, -0.15) is 22.0 Å². The van der Waals surface area contributed by atoms with Crippen LogP contribution in [-0.2, 0) is 17.3 Å². The Bertz CT molecular complexity index is 942. The van der Waals surface area contributed by atoms with E-state index < -0.39 is 36.2 Å². The molecule has 0 aromatic heterocycles. The van der Waals surface area contributed by atoms with Gasteiger partial charge >= 0.3 is 12.1 Å². The van der Waals surface area contributed by atoms with Crippen LogP contribution in [0.3, 0.4) is 0 Å². The third-order valence-electron chi connectivity index (χ3n) is 6.80. The van der Waals surface area contributed by atoms with Gasteiger partial charge in [-0.15, -0.1) is 0 Å². The summed E-state index contributed by atoms with van der Waals surface area (Å²) in [6, 6.07) is 9.76. The molecule has 0 amide bonds. The lowest BCUT2D eigenvalue weighted by atomic mass is 9.77. The summed E-state index contributed by atoms with van der Waals surface area (Å²) in [5, 5.41) is 0. The molecule has 1 aliphatic carbocycles. The predicted molar refractivity (Wildman–Crippen MR) is 110 cm³/mol. The van der Waals surface area contributed by atoms with E-state index in [-0.39, 0.29) is 5.56 Å². The van der Waals surface area contributed by atoms with Crippen LogP contribution in [0, 0.1) is 11.7 Å². The lowest BCUT2D eigenvalue weighted by Crippen LogP contribution is -2.48. The van der Waals surface area contributed by atoms with Gasteiger partial charge in [0, 0.05) is 0 Å². The number of alkyl halides is 5. The number of ether oxygens (including phenoxy) is 1. The molecular weight excluding hydrogens is 430 g/mol. The lowest BCUT2D eigenvalue weighted by Gasteiger charge is -2.34. The first-order chi connectivity index (χ1) is 15.1. The van der Waals surface area contributed by atoms with E-state index in [4.69, 9.17) is 0 Å². The van der Waals surface area contributed by atoms with Gasteiger partial charge in [-0.25, -0.2) is 4.39 Å². The summed E-state index contributed by atoms with van der Waals surface area (Å²) in [5.74, 6) is -4.57. The van der Waals surface area contributed by atoms with E-state index >= 15 is 0 Å². The molecule has 0 bridgehead atoms. The lowest BCUT2D eigenvalue weighted by molar-refractivity contribution is -0.299. The molecule has 1 unspecified atom stereocenters. The van der Waals surface area contributed by atoms with Crippen molar-refractivity contribution in [2.45, 2.75) is 76.2 Å². The van der Waals surface area contributed by atoms with Gasteiger partial charge < -0.3 is 4.74 Å². The molecule has 174 valence electrons. The Morgan fingerprint density at radius 1 is 0.969 bits per heavy atom. The molecule has 1 nitrogen and oxygen atoms in total. The van der Waals surface area contributed by atoms with Crippen LogP contribution in [0.15, 0.2) is 36.4 Å². The Hall–Kier alpha value is -2.02. The van der Waals surface area contributed by atoms with E-state index in [1.165, 1.54) is 37.3 Å². The van der Waals surface area contributed by atoms with Crippen molar-refractivity contribution < 1.29 is 31.1 Å². The van der Waals surface area contributed by atoms with Crippen LogP contribution < -0.4 is 0 Å². The maximum atomic E-state index is 14.6. The van der Waals surface area contributed by atoms with Crippen LogP contribution in [-0.4, -0.2) is 12.3 Å². The highest BCUT2D eigenvalue weighted by Gasteiger charge is 2.61. The van der Waals surface area contributed by atoms with Gasteiger partial charge in [0.05, 0.1) is 12.2 Å². The van der Waals surface area contributed by atoms with Crippen LogP contribution >= 0.6 is 0 Å². The van der Waals surface area contributed by atoms with Crippen molar-refractivity contribution in [2.75, 3.05) is 0 Å². The van der Waals surface area contributed by atoms with Crippen LogP contribution in [0.25, 0.3) is 11.1 Å². The van der Waals surface area contributed by atoms with E-state index in [1.807, 2.05) is 24.3 Å². The molecule has 1 fully saturated rings. The fraction of sp³-hybridized carbons (Fsp3) is 0.520. The molecule has 1 aliphatic heterocycles. The molecule has 0 spiro atoms. The average molecular weight is 456 g/mol. The second-order valence-corrected chi connectivity index (χ2v) is 8.98. The maximum Gasteiger partial charge on any atom is 0.420 e. The van der Waals surface area contributed by atoms with E-state index in [0.29, 0.717) is 17.0 Å². The summed E-state index contributed by atoms with van der Waals surface area (Å²) in [5.41, 5.74) is 0.671. The Labute approximate surface area is 183 Å². The second-order valence-electron chi connectivity index (χ2n) is 8.98. The number of benzene rings is 2. The molecule has 1 heterocycles. The number of fused-ring (bicyclic) bond motifs is 1. The van der Waals surface area contributed by atoms with Gasteiger partial charge in [0.2, 0.25) is 6.10 Å². The maximum absolute atomic E-state index is 14.6. The standard InChI is InChI=1S/C25H26F6O/c1-2-3-15-4-6-16(7-5-15)17-8-10-18(11-9-17)19-12-20-14-32-23(25(29,30)31)24(27,28)22(20)21(26)13-19/h8-13,15-16,23H,2-7,14H2,1H3/t15-,16-,23?. The molecule has 2 aliphatic rings. The molecule has 0 saturated heterocycles. The number of halogens is 6. The first-order valence-corrected chi connectivity index (χ1v) is 11.1. The van der Waals surface area contributed by atoms with Crippen LogP contribution in [0.2, 0.25) is 0 Å². The van der Waals surface area contributed by atoms with Crippen molar-refractivity contribution in [2.24, 2.45) is 5.92 Å². The highest BCUT2D eigenvalue weighted by molar-refractivity contribution is 5.66. The summed E-state index contributed by atoms with van der Waals surface area (Å²) in [6.45, 7) is 1.48. The average Bonchev–Trinajstić information content (AvgIpc) is 2.73. The minimum absolute atomic E-state index is 0.260. The summed E-state index contributed by atoms with van der Waals surface area (Å²) in [4.78, 5) is 0. The Morgan fingerprint density at radius 3 is 2.22 bits per heavy atom. The molecule has 1 saturated carbocycles. The molecule has 7 heteroatoms. The zero-order valence-corrected chi connectivity index (χ0v) is 17.8. The number of hydrogen-bond donors (Lipinski definition) is 0. The first kappa shape index (κ1) is 23.1.